The maximum atomic E-state index is 13.4. The first kappa shape index (κ1) is 27.1. The molecule has 0 aliphatic carbocycles. The number of hydrogen-bond acceptors (Lipinski definition) is 1. The third kappa shape index (κ3) is 8.61. The predicted octanol–water partition coefficient (Wildman–Crippen LogP) is 5.53. The zero-order valence-corrected chi connectivity index (χ0v) is 18.9. The Morgan fingerprint density at radius 3 is 2.13 bits per heavy atom. The van der Waals surface area contributed by atoms with Crippen molar-refractivity contribution in [2.24, 2.45) is 5.73 Å². The molecule has 0 aliphatic heterocycles. The molecule has 0 saturated heterocycles. The molecule has 0 spiro atoms. The van der Waals surface area contributed by atoms with Crippen LogP contribution >= 0.6 is 0 Å². The van der Waals surface area contributed by atoms with Crippen LogP contribution in [0.5, 0.6) is 0 Å². The van der Waals surface area contributed by atoms with Crippen molar-refractivity contribution in [2.75, 3.05) is 6.54 Å². The van der Waals surface area contributed by atoms with Gasteiger partial charge in [-0.1, -0.05) is 54.6 Å². The van der Waals surface area contributed by atoms with E-state index in [4.69, 9.17) is 5.73 Å². The van der Waals surface area contributed by atoms with Gasteiger partial charge in [0.1, 0.15) is 5.82 Å². The summed E-state index contributed by atoms with van der Waals surface area (Å²) in [4.78, 5) is 0. The molecule has 3 rings (SSSR count). The van der Waals surface area contributed by atoms with Crippen LogP contribution in [0, 0.1) is 35.2 Å². The first-order chi connectivity index (χ1) is 14.3. The fraction of sp³-hybridized carbons (Fsp3) is 0.130. The van der Waals surface area contributed by atoms with E-state index in [1.807, 2.05) is 30.3 Å². The first-order valence-corrected chi connectivity index (χ1v) is 8.90. The van der Waals surface area contributed by atoms with Crippen LogP contribution in [0.25, 0.3) is 11.0 Å². The first-order valence-electron chi connectivity index (χ1n) is 8.90. The fourth-order valence-corrected chi connectivity index (χ4v) is 2.39. The van der Waals surface area contributed by atoms with Crippen molar-refractivity contribution in [1.82, 2.24) is 0 Å². The van der Waals surface area contributed by atoms with E-state index < -0.39 is 23.3 Å². The van der Waals surface area contributed by atoms with Crippen LogP contribution in [0.15, 0.2) is 61.2 Å². The molecule has 0 amide bonds. The summed E-state index contributed by atoms with van der Waals surface area (Å²) in [6.45, 7) is 4.94. The van der Waals surface area contributed by atoms with E-state index in [9.17, 15) is 22.0 Å². The molecule has 2 nitrogen and oxygen atoms in total. The molecule has 158 valence electrons. The van der Waals surface area contributed by atoms with Gasteiger partial charge < -0.3 is 11.1 Å². The molecule has 3 aromatic rings. The van der Waals surface area contributed by atoms with Crippen LogP contribution in [0.3, 0.4) is 0 Å². The molecule has 0 fully saturated rings. The number of hydrogen-bond donors (Lipinski definition) is 1. The Morgan fingerprint density at radius 2 is 1.55 bits per heavy atom. The SMILES string of the molecule is C=C(N)c1ccc(C[N-]CCc2ccccc2F)cc1.Fc1[c-]cc(F)c(F)c1F.[Ca+2]. The number of nitrogens with two attached hydrogens (primary N) is 1. The Bertz CT molecular complexity index is 967. The second-order valence-corrected chi connectivity index (χ2v) is 6.25. The van der Waals surface area contributed by atoms with E-state index in [1.165, 1.54) is 6.07 Å². The second-order valence-electron chi connectivity index (χ2n) is 6.25. The molecule has 0 aliphatic rings. The summed E-state index contributed by atoms with van der Waals surface area (Å²) < 4.78 is 61.2. The molecule has 0 saturated carbocycles. The van der Waals surface area contributed by atoms with E-state index in [0.717, 1.165) is 11.1 Å². The normalized spacial score (nSPS) is 9.97. The molecule has 3 aromatic carbocycles. The van der Waals surface area contributed by atoms with Crippen LogP contribution in [-0.4, -0.2) is 44.3 Å². The summed E-state index contributed by atoms with van der Waals surface area (Å²) in [6.07, 6.45) is 0.629. The number of nitrogens with zero attached hydrogens (tertiary/aromatic N) is 1. The van der Waals surface area contributed by atoms with E-state index in [-0.39, 0.29) is 43.6 Å². The van der Waals surface area contributed by atoms with Gasteiger partial charge in [0, 0.05) is 17.3 Å². The van der Waals surface area contributed by atoms with Gasteiger partial charge in [-0.2, -0.15) is 0 Å². The molecule has 0 atom stereocenters. The second kappa shape index (κ2) is 13.5. The minimum Gasteiger partial charge on any atom is -0.658 e. The fourth-order valence-electron chi connectivity index (χ4n) is 2.39. The van der Waals surface area contributed by atoms with Gasteiger partial charge in [0.25, 0.3) is 0 Å². The monoisotopic (exact) mass is 458 g/mol. The minimum atomic E-state index is -1.83. The van der Waals surface area contributed by atoms with Crippen molar-refractivity contribution < 1.29 is 22.0 Å². The molecule has 0 unspecified atom stereocenters. The third-order valence-electron chi connectivity index (χ3n) is 4.04. The topological polar surface area (TPSA) is 40.1 Å². The van der Waals surface area contributed by atoms with Gasteiger partial charge >= 0.3 is 37.7 Å². The average molecular weight is 458 g/mol. The average Bonchev–Trinajstić information content (AvgIpc) is 2.74. The Balaban J connectivity index is 0.000000370. The third-order valence-corrected chi connectivity index (χ3v) is 4.04. The summed E-state index contributed by atoms with van der Waals surface area (Å²) in [5, 5.41) is 4.43. The molecule has 0 aromatic heterocycles. The quantitative estimate of drug-likeness (QED) is 0.129. The van der Waals surface area contributed by atoms with E-state index in [1.54, 1.807) is 18.2 Å². The summed E-state index contributed by atoms with van der Waals surface area (Å²) in [5.41, 5.74) is 8.93. The van der Waals surface area contributed by atoms with Crippen molar-refractivity contribution in [1.29, 1.82) is 0 Å². The summed E-state index contributed by atoms with van der Waals surface area (Å²) in [7, 11) is 0. The Labute approximate surface area is 208 Å². The van der Waals surface area contributed by atoms with Crippen LogP contribution in [0.1, 0.15) is 16.7 Å². The van der Waals surface area contributed by atoms with Crippen molar-refractivity contribution in [3.05, 3.63) is 118 Å². The van der Waals surface area contributed by atoms with Gasteiger partial charge in [-0.25, -0.2) is 13.2 Å². The zero-order chi connectivity index (χ0) is 22.1. The summed E-state index contributed by atoms with van der Waals surface area (Å²) in [6, 6.07) is 16.6. The standard InChI is InChI=1S/C17H18FN2.C6HF4.Ca/c1-13(19)15-8-6-14(7-9-15)12-20-11-10-16-4-2-3-5-17(16)18;7-3-1-2-4(8)6(10)5(3)9;/h2-9H,1,10-12,19H2;1H;/q2*-1;+2. The van der Waals surface area contributed by atoms with Crippen LogP contribution in [0.4, 0.5) is 22.0 Å². The van der Waals surface area contributed by atoms with Crippen LogP contribution in [0.2, 0.25) is 0 Å². The summed E-state index contributed by atoms with van der Waals surface area (Å²) >= 11 is 0. The maximum Gasteiger partial charge on any atom is 2.00 e. The predicted molar refractivity (Wildman–Crippen MR) is 113 cm³/mol. The minimum absolute atomic E-state index is 0. The van der Waals surface area contributed by atoms with Gasteiger partial charge in [0.2, 0.25) is 0 Å². The molecular weight excluding hydrogens is 439 g/mol. The van der Waals surface area contributed by atoms with Gasteiger partial charge in [-0.3, -0.25) is 8.78 Å². The van der Waals surface area contributed by atoms with E-state index in [0.29, 0.717) is 36.8 Å². The molecule has 0 radical (unpaired) electrons. The van der Waals surface area contributed by atoms with Gasteiger partial charge in [-0.15, -0.1) is 25.2 Å². The zero-order valence-electron chi connectivity index (χ0n) is 16.6. The number of halogens is 5. The Hall–Kier alpha value is -1.93. The van der Waals surface area contributed by atoms with Crippen molar-refractivity contribution in [3.63, 3.8) is 0 Å². The Morgan fingerprint density at radius 1 is 0.903 bits per heavy atom. The number of benzene rings is 3. The molecular formula is C23H19CaF5N2. The van der Waals surface area contributed by atoms with Gasteiger partial charge in [0.15, 0.2) is 0 Å². The smallest absolute Gasteiger partial charge is 0.658 e. The Kier molecular flexibility index (Phi) is 11.8. The largest absolute Gasteiger partial charge is 2.00 e. The molecule has 8 heteroatoms. The molecule has 0 bridgehead atoms. The van der Waals surface area contributed by atoms with Crippen molar-refractivity contribution in [3.8, 4) is 0 Å². The van der Waals surface area contributed by atoms with Crippen molar-refractivity contribution in [2.45, 2.75) is 13.0 Å². The van der Waals surface area contributed by atoms with Gasteiger partial charge in [-0.05, 0) is 23.6 Å². The van der Waals surface area contributed by atoms with E-state index in [2.05, 4.69) is 11.9 Å². The number of rotatable bonds is 6. The molecule has 31 heavy (non-hydrogen) atoms. The van der Waals surface area contributed by atoms with Crippen molar-refractivity contribution >= 4 is 43.4 Å². The van der Waals surface area contributed by atoms with Crippen LogP contribution < -0.4 is 5.73 Å². The molecule has 0 heterocycles. The maximum absolute atomic E-state index is 13.4. The molecule has 2 N–H and O–H groups in total. The summed E-state index contributed by atoms with van der Waals surface area (Å²) in [5.74, 6) is -6.76. The van der Waals surface area contributed by atoms with Crippen LogP contribution in [-0.2, 0) is 13.0 Å². The van der Waals surface area contributed by atoms with E-state index >= 15 is 0 Å². The van der Waals surface area contributed by atoms with Gasteiger partial charge in [0.05, 0.1) is 11.6 Å².